The summed E-state index contributed by atoms with van der Waals surface area (Å²) in [5, 5.41) is 3.17. The van der Waals surface area contributed by atoms with Gasteiger partial charge in [0.25, 0.3) is 0 Å². The number of carbonyl (C=O) groups is 1. The van der Waals surface area contributed by atoms with E-state index >= 15 is 0 Å². The van der Waals surface area contributed by atoms with Crippen molar-refractivity contribution in [3.63, 3.8) is 0 Å². The van der Waals surface area contributed by atoms with E-state index in [0.717, 1.165) is 12.3 Å². The summed E-state index contributed by atoms with van der Waals surface area (Å²) in [4.78, 5) is 13.9. The molecule has 102 valence electrons. The van der Waals surface area contributed by atoms with E-state index in [2.05, 4.69) is 31.1 Å². The molecule has 0 unspecified atom stereocenters. The SMILES string of the molecule is CCC(=O)N[C@H](CC1CCN(C)CC1)C(C)C.[HH]. The van der Waals surface area contributed by atoms with E-state index in [-0.39, 0.29) is 7.33 Å². The largest absolute Gasteiger partial charge is 0.353 e. The summed E-state index contributed by atoms with van der Waals surface area (Å²) < 4.78 is 0. The molecule has 0 saturated carbocycles. The van der Waals surface area contributed by atoms with Gasteiger partial charge in [0.2, 0.25) is 5.91 Å². The molecule has 1 aliphatic heterocycles. The molecule has 0 bridgehead atoms. The Morgan fingerprint density at radius 1 is 1.41 bits per heavy atom. The van der Waals surface area contributed by atoms with Crippen LogP contribution in [0.5, 0.6) is 0 Å². The molecule has 3 nitrogen and oxygen atoms in total. The van der Waals surface area contributed by atoms with Crippen molar-refractivity contribution in [2.24, 2.45) is 11.8 Å². The Morgan fingerprint density at radius 3 is 2.47 bits per heavy atom. The number of nitrogens with one attached hydrogen (secondary N) is 1. The zero-order chi connectivity index (χ0) is 12.8. The van der Waals surface area contributed by atoms with Gasteiger partial charge in [0.1, 0.15) is 0 Å². The van der Waals surface area contributed by atoms with Crippen LogP contribution in [0.2, 0.25) is 0 Å². The average Bonchev–Trinajstić information content (AvgIpc) is 2.30. The molecule has 0 aromatic rings. The van der Waals surface area contributed by atoms with Crippen molar-refractivity contribution in [2.45, 2.75) is 52.5 Å². The van der Waals surface area contributed by atoms with Crippen LogP contribution < -0.4 is 5.32 Å². The van der Waals surface area contributed by atoms with Gasteiger partial charge in [-0.2, -0.15) is 0 Å². The van der Waals surface area contributed by atoms with Crippen LogP contribution in [-0.4, -0.2) is 37.0 Å². The minimum Gasteiger partial charge on any atom is -0.353 e. The lowest BCUT2D eigenvalue weighted by molar-refractivity contribution is -0.121. The highest BCUT2D eigenvalue weighted by molar-refractivity contribution is 5.75. The van der Waals surface area contributed by atoms with E-state index in [9.17, 15) is 4.79 Å². The molecule has 3 heteroatoms. The summed E-state index contributed by atoms with van der Waals surface area (Å²) in [7, 11) is 2.19. The number of rotatable bonds is 5. The first-order valence-corrected chi connectivity index (χ1v) is 7.00. The Morgan fingerprint density at radius 2 is 2.00 bits per heavy atom. The van der Waals surface area contributed by atoms with E-state index in [1.807, 2.05) is 6.92 Å². The standard InChI is InChI=1S/C14H28N2O.H2/c1-5-14(17)15-13(11(2)3)10-12-6-8-16(4)9-7-12;/h11-13H,5-10H2,1-4H3,(H,15,17);1H/t13-;/m1./s1. The molecule has 1 saturated heterocycles. The van der Waals surface area contributed by atoms with Gasteiger partial charge in [-0.15, -0.1) is 0 Å². The zero-order valence-corrected chi connectivity index (χ0v) is 11.8. The first-order valence-electron chi connectivity index (χ1n) is 7.00. The molecular weight excluding hydrogens is 212 g/mol. The van der Waals surface area contributed by atoms with E-state index in [1.54, 1.807) is 0 Å². The number of nitrogens with zero attached hydrogens (tertiary/aromatic N) is 1. The fraction of sp³-hybridized carbons (Fsp3) is 0.929. The molecule has 1 aliphatic rings. The predicted octanol–water partition coefficient (Wildman–Crippen LogP) is 2.52. The zero-order valence-electron chi connectivity index (χ0n) is 11.8. The Balaban J connectivity index is 0.00000289. The van der Waals surface area contributed by atoms with Crippen molar-refractivity contribution in [3.8, 4) is 0 Å². The van der Waals surface area contributed by atoms with Crippen molar-refractivity contribution in [1.82, 2.24) is 10.2 Å². The topological polar surface area (TPSA) is 32.3 Å². The van der Waals surface area contributed by atoms with E-state index in [1.165, 1.54) is 25.9 Å². The second kappa shape index (κ2) is 7.00. The third-order valence-corrected chi connectivity index (χ3v) is 3.90. The molecule has 0 spiro atoms. The number of likely N-dealkylation sites (tertiary alicyclic amines) is 1. The molecule has 0 aromatic carbocycles. The first-order chi connectivity index (χ1) is 8.02. The van der Waals surface area contributed by atoms with E-state index in [0.29, 0.717) is 18.4 Å². The van der Waals surface area contributed by atoms with Crippen LogP contribution in [0.25, 0.3) is 0 Å². The summed E-state index contributed by atoms with van der Waals surface area (Å²) in [5.41, 5.74) is 0. The maximum Gasteiger partial charge on any atom is 0.219 e. The summed E-state index contributed by atoms with van der Waals surface area (Å²) >= 11 is 0. The van der Waals surface area contributed by atoms with Crippen molar-refractivity contribution in [2.75, 3.05) is 20.1 Å². The van der Waals surface area contributed by atoms with Crippen LogP contribution in [0, 0.1) is 11.8 Å². The fourth-order valence-electron chi connectivity index (χ4n) is 2.46. The van der Waals surface area contributed by atoms with Gasteiger partial charge >= 0.3 is 0 Å². The number of hydrogen-bond acceptors (Lipinski definition) is 2. The van der Waals surface area contributed by atoms with Gasteiger partial charge in [-0.1, -0.05) is 20.8 Å². The van der Waals surface area contributed by atoms with Crippen molar-refractivity contribution in [3.05, 3.63) is 0 Å². The molecule has 1 N–H and O–H groups in total. The predicted molar refractivity (Wildman–Crippen MR) is 74.0 cm³/mol. The van der Waals surface area contributed by atoms with Gasteiger partial charge in [-0.25, -0.2) is 0 Å². The average molecular weight is 242 g/mol. The molecule has 0 radical (unpaired) electrons. The fourth-order valence-corrected chi connectivity index (χ4v) is 2.46. The lowest BCUT2D eigenvalue weighted by atomic mass is 9.86. The Bertz CT molecular complexity index is 238. The lowest BCUT2D eigenvalue weighted by Crippen LogP contribution is -2.41. The quantitative estimate of drug-likeness (QED) is 0.803. The molecule has 0 aliphatic carbocycles. The first kappa shape index (κ1) is 14.5. The van der Waals surface area contributed by atoms with Gasteiger partial charge in [0, 0.05) is 13.9 Å². The Labute approximate surface area is 107 Å². The summed E-state index contributed by atoms with van der Waals surface area (Å²) in [6.45, 7) is 8.74. The molecular formula is C14H30N2O. The van der Waals surface area contributed by atoms with Crippen LogP contribution in [-0.2, 0) is 4.79 Å². The Kier molecular flexibility index (Phi) is 5.96. The summed E-state index contributed by atoms with van der Waals surface area (Å²) in [6.07, 6.45) is 4.30. The third-order valence-electron chi connectivity index (χ3n) is 3.90. The van der Waals surface area contributed by atoms with Crippen molar-refractivity contribution in [1.29, 1.82) is 0 Å². The maximum absolute atomic E-state index is 11.5. The Hall–Kier alpha value is -0.570. The number of amides is 1. The van der Waals surface area contributed by atoms with E-state index in [4.69, 9.17) is 0 Å². The maximum atomic E-state index is 11.5. The highest BCUT2D eigenvalue weighted by Gasteiger charge is 2.23. The summed E-state index contributed by atoms with van der Waals surface area (Å²) in [6, 6.07) is 0.357. The number of carbonyl (C=O) groups excluding carboxylic acids is 1. The number of hydrogen-bond donors (Lipinski definition) is 1. The highest BCUT2D eigenvalue weighted by Crippen LogP contribution is 2.23. The molecule has 0 aromatic heterocycles. The second-order valence-electron chi connectivity index (χ2n) is 5.75. The van der Waals surface area contributed by atoms with Crippen LogP contribution in [0.15, 0.2) is 0 Å². The van der Waals surface area contributed by atoms with E-state index < -0.39 is 0 Å². The van der Waals surface area contributed by atoms with Crippen molar-refractivity contribution < 1.29 is 6.22 Å². The second-order valence-corrected chi connectivity index (χ2v) is 5.75. The van der Waals surface area contributed by atoms with Crippen molar-refractivity contribution >= 4 is 5.91 Å². The number of piperidine rings is 1. The van der Waals surface area contributed by atoms with Gasteiger partial charge < -0.3 is 10.2 Å². The van der Waals surface area contributed by atoms with Crippen LogP contribution >= 0.6 is 0 Å². The third kappa shape index (κ3) is 5.07. The van der Waals surface area contributed by atoms with Gasteiger partial charge in [-0.3, -0.25) is 4.79 Å². The van der Waals surface area contributed by atoms with Gasteiger partial charge in [0.05, 0.1) is 0 Å². The molecule has 1 fully saturated rings. The molecule has 1 rings (SSSR count). The molecule has 1 atom stereocenters. The van der Waals surface area contributed by atoms with Crippen LogP contribution in [0.1, 0.15) is 47.9 Å². The monoisotopic (exact) mass is 242 g/mol. The minimum atomic E-state index is 0. The van der Waals surface area contributed by atoms with Gasteiger partial charge in [0.15, 0.2) is 0 Å². The lowest BCUT2D eigenvalue weighted by Gasteiger charge is -2.33. The molecule has 1 heterocycles. The molecule has 1 amide bonds. The van der Waals surface area contributed by atoms with Gasteiger partial charge in [-0.05, 0) is 51.2 Å². The minimum absolute atomic E-state index is 0. The van der Waals surface area contributed by atoms with Crippen LogP contribution in [0.4, 0.5) is 0 Å². The smallest absolute Gasteiger partial charge is 0.219 e. The van der Waals surface area contributed by atoms with Crippen LogP contribution in [0.3, 0.4) is 0 Å². The normalized spacial score (nSPS) is 20.5. The highest BCUT2D eigenvalue weighted by atomic mass is 16.1. The molecule has 17 heavy (non-hydrogen) atoms. The summed E-state index contributed by atoms with van der Waals surface area (Å²) in [5.74, 6) is 1.51.